The van der Waals surface area contributed by atoms with Crippen LogP contribution in [-0.2, 0) is 0 Å². The summed E-state index contributed by atoms with van der Waals surface area (Å²) in [5, 5.41) is 4.20. The van der Waals surface area contributed by atoms with E-state index in [4.69, 9.17) is 27.9 Å². The SMILES string of the molecule is CNC(C)c1ccccc1Oc1ccc(Cl)c(Cl)c1.Cl. The number of hydrogen-bond donors (Lipinski definition) is 1. The molecule has 2 nitrogen and oxygen atoms in total. The van der Waals surface area contributed by atoms with Crippen molar-refractivity contribution in [2.45, 2.75) is 13.0 Å². The first-order chi connectivity index (χ1) is 9.11. The number of hydrogen-bond acceptors (Lipinski definition) is 2. The van der Waals surface area contributed by atoms with Crippen LogP contribution in [0.25, 0.3) is 0 Å². The van der Waals surface area contributed by atoms with Crippen LogP contribution in [-0.4, -0.2) is 7.05 Å². The summed E-state index contributed by atoms with van der Waals surface area (Å²) in [4.78, 5) is 0. The number of rotatable bonds is 4. The molecule has 1 N–H and O–H groups in total. The van der Waals surface area contributed by atoms with Crippen molar-refractivity contribution in [1.29, 1.82) is 0 Å². The van der Waals surface area contributed by atoms with Crippen molar-refractivity contribution >= 4 is 35.6 Å². The van der Waals surface area contributed by atoms with Gasteiger partial charge in [-0.2, -0.15) is 0 Å². The van der Waals surface area contributed by atoms with Crippen LogP contribution in [0.1, 0.15) is 18.5 Å². The third kappa shape index (κ3) is 4.03. The molecule has 0 aliphatic carbocycles. The molecular formula is C15H16Cl3NO. The molecule has 0 saturated heterocycles. The number of halogens is 3. The van der Waals surface area contributed by atoms with Gasteiger partial charge in [0.15, 0.2) is 0 Å². The molecular weight excluding hydrogens is 317 g/mol. The first kappa shape index (κ1) is 17.1. The van der Waals surface area contributed by atoms with Gasteiger partial charge in [0, 0.05) is 17.7 Å². The van der Waals surface area contributed by atoms with Gasteiger partial charge < -0.3 is 10.1 Å². The molecule has 1 atom stereocenters. The maximum atomic E-state index is 5.99. The number of benzene rings is 2. The normalized spacial score (nSPS) is 11.6. The summed E-state index contributed by atoms with van der Waals surface area (Å²) in [7, 11) is 1.92. The maximum Gasteiger partial charge on any atom is 0.132 e. The van der Waals surface area contributed by atoms with Gasteiger partial charge >= 0.3 is 0 Å². The Hall–Kier alpha value is -0.930. The van der Waals surface area contributed by atoms with E-state index in [1.807, 2.05) is 31.3 Å². The highest BCUT2D eigenvalue weighted by Gasteiger charge is 2.10. The van der Waals surface area contributed by atoms with Crippen molar-refractivity contribution in [2.24, 2.45) is 0 Å². The van der Waals surface area contributed by atoms with Crippen molar-refractivity contribution in [2.75, 3.05) is 7.05 Å². The fourth-order valence-electron chi connectivity index (χ4n) is 1.75. The van der Waals surface area contributed by atoms with Crippen molar-refractivity contribution in [3.8, 4) is 11.5 Å². The van der Waals surface area contributed by atoms with Gasteiger partial charge in [0.2, 0.25) is 0 Å². The number of ether oxygens (including phenoxy) is 1. The van der Waals surface area contributed by atoms with E-state index in [2.05, 4.69) is 12.2 Å². The molecule has 20 heavy (non-hydrogen) atoms. The topological polar surface area (TPSA) is 21.3 Å². The fraction of sp³-hybridized carbons (Fsp3) is 0.200. The molecule has 0 radical (unpaired) electrons. The molecule has 2 aromatic carbocycles. The molecule has 108 valence electrons. The van der Waals surface area contributed by atoms with E-state index in [1.165, 1.54) is 0 Å². The minimum absolute atomic E-state index is 0. The Bertz CT molecular complexity index is 575. The minimum Gasteiger partial charge on any atom is -0.457 e. The lowest BCUT2D eigenvalue weighted by atomic mass is 10.1. The van der Waals surface area contributed by atoms with Crippen molar-refractivity contribution < 1.29 is 4.74 Å². The lowest BCUT2D eigenvalue weighted by Gasteiger charge is -2.16. The first-order valence-corrected chi connectivity index (χ1v) is 6.76. The molecule has 0 spiro atoms. The predicted octanol–water partition coefficient (Wildman–Crippen LogP) is 5.49. The second-order valence-electron chi connectivity index (χ2n) is 4.23. The monoisotopic (exact) mass is 331 g/mol. The van der Waals surface area contributed by atoms with Gasteiger partial charge in [-0.25, -0.2) is 0 Å². The third-order valence-corrected chi connectivity index (χ3v) is 3.68. The average Bonchev–Trinajstić information content (AvgIpc) is 2.43. The van der Waals surface area contributed by atoms with Crippen LogP contribution < -0.4 is 10.1 Å². The van der Waals surface area contributed by atoms with Crippen LogP contribution in [0, 0.1) is 0 Å². The van der Waals surface area contributed by atoms with Gasteiger partial charge in [-0.3, -0.25) is 0 Å². The summed E-state index contributed by atoms with van der Waals surface area (Å²) in [6.07, 6.45) is 0. The second-order valence-corrected chi connectivity index (χ2v) is 5.04. The van der Waals surface area contributed by atoms with Crippen molar-refractivity contribution in [1.82, 2.24) is 5.32 Å². The zero-order valence-corrected chi connectivity index (χ0v) is 13.5. The van der Waals surface area contributed by atoms with Gasteiger partial charge in [-0.15, -0.1) is 12.4 Å². The van der Waals surface area contributed by atoms with Gasteiger partial charge in [0.05, 0.1) is 10.0 Å². The van der Waals surface area contributed by atoms with Gasteiger partial charge in [-0.1, -0.05) is 41.4 Å². The first-order valence-electron chi connectivity index (χ1n) is 6.01. The van der Waals surface area contributed by atoms with Gasteiger partial charge in [0.1, 0.15) is 11.5 Å². The largest absolute Gasteiger partial charge is 0.457 e. The highest BCUT2D eigenvalue weighted by atomic mass is 35.5. The Morgan fingerprint density at radius 2 is 1.75 bits per heavy atom. The summed E-state index contributed by atoms with van der Waals surface area (Å²) < 4.78 is 5.89. The molecule has 0 saturated carbocycles. The Morgan fingerprint density at radius 3 is 2.40 bits per heavy atom. The molecule has 0 aromatic heterocycles. The van der Waals surface area contributed by atoms with E-state index in [1.54, 1.807) is 18.2 Å². The summed E-state index contributed by atoms with van der Waals surface area (Å²) in [6, 6.07) is 13.4. The van der Waals surface area contributed by atoms with E-state index in [0.29, 0.717) is 15.8 Å². The van der Waals surface area contributed by atoms with Crippen LogP contribution in [0.3, 0.4) is 0 Å². The van der Waals surface area contributed by atoms with Crippen LogP contribution in [0.4, 0.5) is 0 Å². The van der Waals surface area contributed by atoms with Crippen LogP contribution in [0.15, 0.2) is 42.5 Å². The number of para-hydroxylation sites is 1. The van der Waals surface area contributed by atoms with E-state index < -0.39 is 0 Å². The van der Waals surface area contributed by atoms with Crippen LogP contribution in [0.2, 0.25) is 10.0 Å². The molecule has 5 heteroatoms. The van der Waals surface area contributed by atoms with Crippen molar-refractivity contribution in [3.63, 3.8) is 0 Å². The summed E-state index contributed by atoms with van der Waals surface area (Å²) in [5.41, 5.74) is 1.09. The second kappa shape index (κ2) is 7.75. The third-order valence-electron chi connectivity index (χ3n) is 2.94. The molecule has 0 aliphatic heterocycles. The summed E-state index contributed by atoms with van der Waals surface area (Å²) in [5.74, 6) is 1.48. The number of nitrogens with one attached hydrogen (secondary N) is 1. The molecule has 0 amide bonds. The lowest BCUT2D eigenvalue weighted by molar-refractivity contribution is 0.466. The van der Waals surface area contributed by atoms with E-state index in [0.717, 1.165) is 11.3 Å². The van der Waals surface area contributed by atoms with E-state index in [9.17, 15) is 0 Å². The predicted molar refractivity (Wildman–Crippen MR) is 87.7 cm³/mol. The zero-order chi connectivity index (χ0) is 13.8. The molecule has 2 rings (SSSR count). The van der Waals surface area contributed by atoms with Crippen molar-refractivity contribution in [3.05, 3.63) is 58.1 Å². The van der Waals surface area contributed by atoms with E-state index in [-0.39, 0.29) is 18.4 Å². The Morgan fingerprint density at radius 1 is 1.05 bits per heavy atom. The Balaban J connectivity index is 0.00000200. The summed E-state index contributed by atoms with van der Waals surface area (Å²) >= 11 is 11.9. The molecule has 0 fully saturated rings. The van der Waals surface area contributed by atoms with Gasteiger partial charge in [-0.05, 0) is 32.2 Å². The quantitative estimate of drug-likeness (QED) is 0.799. The highest BCUT2D eigenvalue weighted by molar-refractivity contribution is 6.42. The van der Waals surface area contributed by atoms with Crippen LogP contribution in [0.5, 0.6) is 11.5 Å². The fourth-order valence-corrected chi connectivity index (χ4v) is 2.04. The molecule has 0 aliphatic rings. The zero-order valence-electron chi connectivity index (χ0n) is 11.2. The Labute approximate surface area is 135 Å². The molecule has 2 aromatic rings. The molecule has 1 unspecified atom stereocenters. The van der Waals surface area contributed by atoms with E-state index >= 15 is 0 Å². The highest BCUT2D eigenvalue weighted by Crippen LogP contribution is 2.32. The van der Waals surface area contributed by atoms with Gasteiger partial charge in [0.25, 0.3) is 0 Å². The van der Waals surface area contributed by atoms with Crippen LogP contribution >= 0.6 is 35.6 Å². The average molecular weight is 333 g/mol. The molecule has 0 heterocycles. The maximum absolute atomic E-state index is 5.99. The lowest BCUT2D eigenvalue weighted by Crippen LogP contribution is -2.13. The minimum atomic E-state index is 0. The summed E-state index contributed by atoms with van der Waals surface area (Å²) in [6.45, 7) is 2.08. The standard InChI is InChI=1S/C15H15Cl2NO.ClH/c1-10(18-2)12-5-3-4-6-15(12)19-11-7-8-13(16)14(17)9-11;/h3-10,18H,1-2H3;1H. The molecule has 0 bridgehead atoms. The Kier molecular flexibility index (Phi) is 6.63. The smallest absolute Gasteiger partial charge is 0.132 e.